The van der Waals surface area contributed by atoms with Gasteiger partial charge >= 0.3 is 5.63 Å². The quantitative estimate of drug-likeness (QED) is 0.258. The van der Waals surface area contributed by atoms with Crippen LogP contribution in [0.25, 0.3) is 11.0 Å². The lowest BCUT2D eigenvalue weighted by atomic mass is 9.99. The second-order valence-corrected chi connectivity index (χ2v) is 8.72. The van der Waals surface area contributed by atoms with Crippen LogP contribution in [0.2, 0.25) is 0 Å². The Kier molecular flexibility index (Phi) is 8.92. The molecule has 5 N–H and O–H groups in total. The van der Waals surface area contributed by atoms with Crippen LogP contribution in [0.5, 0.6) is 17.2 Å². The Bertz CT molecular complexity index is 1130. The molecule has 1 saturated heterocycles. The van der Waals surface area contributed by atoms with Crippen LogP contribution >= 0.6 is 0 Å². The first-order valence-corrected chi connectivity index (χ1v) is 11.3. The normalized spacial score (nSPS) is 24.9. The minimum absolute atomic E-state index is 0.0501. The molecule has 0 spiro atoms. The summed E-state index contributed by atoms with van der Waals surface area (Å²) in [6.07, 6.45) is -1.78. The standard InChI is InChI=1S/C25H32O10/c1-13(2)5-4-6-14(3)9-10-32-15-7-8-16-17(11-15)33-24(31)22(30)23(16)35-25-21(29)20(28)19(27)18(12-26)34-25/h5,7-9,11,18-21,25-30H,4,6,10,12H2,1-3H3/b14-9+/t18-,19-,20+,21+,25+/m1/s1. The van der Waals surface area contributed by atoms with Crippen LogP contribution < -0.4 is 15.1 Å². The fourth-order valence-electron chi connectivity index (χ4n) is 3.60. The molecule has 1 aliphatic rings. The van der Waals surface area contributed by atoms with Crippen molar-refractivity contribution in [3.8, 4) is 17.2 Å². The summed E-state index contributed by atoms with van der Waals surface area (Å²) in [7, 11) is 0. The third-order valence-corrected chi connectivity index (χ3v) is 5.66. The summed E-state index contributed by atoms with van der Waals surface area (Å²) in [5.74, 6) is -0.793. The Hall–Kier alpha value is -2.89. The Morgan fingerprint density at radius 3 is 2.51 bits per heavy atom. The summed E-state index contributed by atoms with van der Waals surface area (Å²) in [5, 5.41) is 49.9. The minimum Gasteiger partial charge on any atom is -0.499 e. The van der Waals surface area contributed by atoms with Crippen LogP contribution in [-0.4, -0.2) is 69.5 Å². The molecule has 1 aliphatic heterocycles. The van der Waals surface area contributed by atoms with E-state index in [-0.39, 0.29) is 16.7 Å². The Balaban J connectivity index is 1.79. The highest BCUT2D eigenvalue weighted by Crippen LogP contribution is 2.36. The maximum atomic E-state index is 12.2. The summed E-state index contributed by atoms with van der Waals surface area (Å²) >= 11 is 0. The van der Waals surface area contributed by atoms with Gasteiger partial charge in [0.15, 0.2) is 5.75 Å². The van der Waals surface area contributed by atoms with Crippen molar-refractivity contribution < 1.29 is 44.2 Å². The van der Waals surface area contributed by atoms with Crippen molar-refractivity contribution in [1.29, 1.82) is 0 Å². The van der Waals surface area contributed by atoms with Crippen LogP contribution in [0, 0.1) is 0 Å². The van der Waals surface area contributed by atoms with Crippen LogP contribution in [0.4, 0.5) is 0 Å². The van der Waals surface area contributed by atoms with Gasteiger partial charge in [-0.1, -0.05) is 17.2 Å². The summed E-state index contributed by atoms with van der Waals surface area (Å²) in [6, 6.07) is 4.55. The van der Waals surface area contributed by atoms with E-state index in [4.69, 9.17) is 18.6 Å². The number of hydrogen-bond donors (Lipinski definition) is 5. The molecule has 5 atom stereocenters. The zero-order valence-electron chi connectivity index (χ0n) is 19.9. The Morgan fingerprint density at radius 1 is 1.09 bits per heavy atom. The predicted octanol–water partition coefficient (Wildman–Crippen LogP) is 1.75. The molecule has 2 aromatic rings. The highest BCUT2D eigenvalue weighted by Gasteiger charge is 2.45. The molecule has 1 fully saturated rings. The van der Waals surface area contributed by atoms with Gasteiger partial charge in [-0.25, -0.2) is 4.79 Å². The number of aliphatic hydroxyl groups excluding tert-OH is 4. The summed E-state index contributed by atoms with van der Waals surface area (Å²) < 4.78 is 21.7. The molecular formula is C25H32O10. The number of allylic oxidation sites excluding steroid dienone is 3. The van der Waals surface area contributed by atoms with Crippen LogP contribution in [0.3, 0.4) is 0 Å². The number of fused-ring (bicyclic) bond motifs is 1. The van der Waals surface area contributed by atoms with Gasteiger partial charge in [-0.2, -0.15) is 0 Å². The van der Waals surface area contributed by atoms with Gasteiger partial charge in [0.2, 0.25) is 12.0 Å². The molecule has 192 valence electrons. The molecule has 0 unspecified atom stereocenters. The topological polar surface area (TPSA) is 159 Å². The van der Waals surface area contributed by atoms with E-state index in [1.807, 2.05) is 13.0 Å². The molecule has 0 aliphatic carbocycles. The van der Waals surface area contributed by atoms with Gasteiger partial charge in [0.25, 0.3) is 0 Å². The number of rotatable bonds is 9. The first kappa shape index (κ1) is 26.7. The number of hydrogen-bond acceptors (Lipinski definition) is 10. The zero-order chi connectivity index (χ0) is 25.7. The van der Waals surface area contributed by atoms with Crippen molar-refractivity contribution in [3.63, 3.8) is 0 Å². The Labute approximate surface area is 202 Å². The maximum absolute atomic E-state index is 12.2. The molecule has 0 bridgehead atoms. The van der Waals surface area contributed by atoms with Crippen molar-refractivity contribution in [2.75, 3.05) is 13.2 Å². The lowest BCUT2D eigenvalue weighted by Crippen LogP contribution is -2.60. The fourth-order valence-corrected chi connectivity index (χ4v) is 3.60. The first-order valence-electron chi connectivity index (χ1n) is 11.3. The van der Waals surface area contributed by atoms with E-state index >= 15 is 0 Å². The van der Waals surface area contributed by atoms with Crippen molar-refractivity contribution in [3.05, 3.63) is 51.9 Å². The van der Waals surface area contributed by atoms with Gasteiger partial charge in [-0.3, -0.25) is 0 Å². The minimum atomic E-state index is -1.72. The van der Waals surface area contributed by atoms with Gasteiger partial charge in [0, 0.05) is 6.07 Å². The molecular weight excluding hydrogens is 460 g/mol. The van der Waals surface area contributed by atoms with Gasteiger partial charge in [-0.05, 0) is 51.8 Å². The molecule has 3 rings (SSSR count). The van der Waals surface area contributed by atoms with Crippen molar-refractivity contribution in [2.24, 2.45) is 0 Å². The van der Waals surface area contributed by atoms with E-state index in [9.17, 15) is 30.3 Å². The number of aliphatic hydroxyl groups is 4. The average Bonchev–Trinajstić information content (AvgIpc) is 2.81. The van der Waals surface area contributed by atoms with Gasteiger partial charge in [0.1, 0.15) is 42.4 Å². The molecule has 35 heavy (non-hydrogen) atoms. The molecule has 1 aromatic heterocycles. The number of ether oxygens (including phenoxy) is 3. The second kappa shape index (κ2) is 11.7. The first-order chi connectivity index (χ1) is 16.6. The molecule has 0 saturated carbocycles. The molecule has 10 nitrogen and oxygen atoms in total. The van der Waals surface area contributed by atoms with Crippen LogP contribution in [0.1, 0.15) is 33.6 Å². The van der Waals surface area contributed by atoms with E-state index in [1.165, 1.54) is 23.3 Å². The summed E-state index contributed by atoms with van der Waals surface area (Å²) in [4.78, 5) is 12.2. The number of benzene rings is 1. The fraction of sp³-hybridized carbons (Fsp3) is 0.480. The average molecular weight is 493 g/mol. The molecule has 1 aromatic carbocycles. The van der Waals surface area contributed by atoms with Crippen molar-refractivity contribution in [2.45, 2.75) is 64.3 Å². The zero-order valence-corrected chi connectivity index (χ0v) is 19.9. The third kappa shape index (κ3) is 6.41. The highest BCUT2D eigenvalue weighted by atomic mass is 16.7. The largest absolute Gasteiger partial charge is 0.499 e. The number of aromatic hydroxyl groups is 1. The lowest BCUT2D eigenvalue weighted by molar-refractivity contribution is -0.277. The molecule has 10 heteroatoms. The van der Waals surface area contributed by atoms with Crippen molar-refractivity contribution in [1.82, 2.24) is 0 Å². The molecule has 2 heterocycles. The lowest BCUT2D eigenvalue weighted by Gasteiger charge is -2.39. The predicted molar refractivity (Wildman–Crippen MR) is 126 cm³/mol. The van der Waals surface area contributed by atoms with Crippen LogP contribution in [-0.2, 0) is 4.74 Å². The third-order valence-electron chi connectivity index (χ3n) is 5.66. The summed E-state index contributed by atoms with van der Waals surface area (Å²) in [6.45, 7) is 5.79. The SMILES string of the molecule is CC(C)=CCC/C(C)=C/COc1ccc2c(O[C@@H]3O[C@H](CO)[C@@H](O)[C@H](O)[C@@H]3O)c(O)c(=O)oc2c1. The Morgan fingerprint density at radius 2 is 1.83 bits per heavy atom. The van der Waals surface area contributed by atoms with Gasteiger partial charge in [-0.15, -0.1) is 0 Å². The van der Waals surface area contributed by atoms with Crippen LogP contribution in [0.15, 0.2) is 50.7 Å². The molecule has 0 radical (unpaired) electrons. The second-order valence-electron chi connectivity index (χ2n) is 8.72. The highest BCUT2D eigenvalue weighted by molar-refractivity contribution is 5.86. The monoisotopic (exact) mass is 492 g/mol. The van der Waals surface area contributed by atoms with Gasteiger partial charge in [0.05, 0.1) is 12.0 Å². The molecule has 0 amide bonds. The van der Waals surface area contributed by atoms with E-state index in [0.29, 0.717) is 12.4 Å². The summed E-state index contributed by atoms with van der Waals surface area (Å²) in [5.41, 5.74) is 1.40. The maximum Gasteiger partial charge on any atom is 0.382 e. The van der Waals surface area contributed by atoms with Crippen molar-refractivity contribution >= 4 is 11.0 Å². The smallest absolute Gasteiger partial charge is 0.382 e. The van der Waals surface area contributed by atoms with E-state index in [2.05, 4.69) is 19.9 Å². The van der Waals surface area contributed by atoms with E-state index < -0.39 is 48.7 Å². The van der Waals surface area contributed by atoms with E-state index in [1.54, 1.807) is 6.07 Å². The van der Waals surface area contributed by atoms with Gasteiger partial charge < -0.3 is 44.2 Å². The van der Waals surface area contributed by atoms with E-state index in [0.717, 1.165) is 12.8 Å².